The van der Waals surface area contributed by atoms with Gasteiger partial charge in [-0.3, -0.25) is 4.72 Å². The highest BCUT2D eigenvalue weighted by molar-refractivity contribution is 9.10. The number of anilines is 1. The van der Waals surface area contributed by atoms with Gasteiger partial charge in [-0.2, -0.15) is 0 Å². The van der Waals surface area contributed by atoms with E-state index in [9.17, 15) is 8.42 Å². The SMILES string of the molecule is Cc1ccc(NS(=O)(=O)c2cnc(Cl)c(Br)c2)cc1C. The van der Waals surface area contributed by atoms with Gasteiger partial charge in [0.1, 0.15) is 10.0 Å². The van der Waals surface area contributed by atoms with Gasteiger partial charge >= 0.3 is 0 Å². The fraction of sp³-hybridized carbons (Fsp3) is 0.154. The average Bonchev–Trinajstić information content (AvgIpc) is 2.37. The van der Waals surface area contributed by atoms with Gasteiger partial charge < -0.3 is 0 Å². The maximum absolute atomic E-state index is 12.2. The molecular weight excluding hydrogens is 364 g/mol. The highest BCUT2D eigenvalue weighted by Crippen LogP contribution is 2.24. The van der Waals surface area contributed by atoms with Crippen LogP contribution >= 0.6 is 27.5 Å². The van der Waals surface area contributed by atoms with Crippen molar-refractivity contribution in [1.29, 1.82) is 0 Å². The Morgan fingerprint density at radius 1 is 1.20 bits per heavy atom. The first kappa shape index (κ1) is 15.3. The van der Waals surface area contributed by atoms with Crippen LogP contribution in [-0.2, 0) is 10.0 Å². The number of pyridine rings is 1. The Bertz CT molecular complexity index is 763. The maximum atomic E-state index is 12.2. The van der Waals surface area contributed by atoms with E-state index in [1.807, 2.05) is 19.9 Å². The van der Waals surface area contributed by atoms with E-state index < -0.39 is 10.0 Å². The summed E-state index contributed by atoms with van der Waals surface area (Å²) in [6.07, 6.45) is 1.22. The molecule has 1 aromatic carbocycles. The van der Waals surface area contributed by atoms with Crippen LogP contribution in [0.1, 0.15) is 11.1 Å². The van der Waals surface area contributed by atoms with Crippen LogP contribution in [0.2, 0.25) is 5.15 Å². The van der Waals surface area contributed by atoms with E-state index in [4.69, 9.17) is 11.6 Å². The third-order valence-electron chi connectivity index (χ3n) is 2.84. The van der Waals surface area contributed by atoms with Crippen molar-refractivity contribution in [2.75, 3.05) is 4.72 Å². The number of hydrogen-bond acceptors (Lipinski definition) is 3. The molecule has 20 heavy (non-hydrogen) atoms. The molecule has 1 N–H and O–H groups in total. The van der Waals surface area contributed by atoms with Crippen LogP contribution in [0.15, 0.2) is 39.8 Å². The number of aryl methyl sites for hydroxylation is 2. The predicted octanol–water partition coefficient (Wildman–Crippen LogP) is 3.92. The summed E-state index contributed by atoms with van der Waals surface area (Å²) in [6, 6.07) is 6.78. The lowest BCUT2D eigenvalue weighted by Gasteiger charge is -2.10. The van der Waals surface area contributed by atoms with Gasteiger partial charge in [0.15, 0.2) is 0 Å². The third-order valence-corrected chi connectivity index (χ3v) is 5.32. The van der Waals surface area contributed by atoms with Crippen molar-refractivity contribution in [2.45, 2.75) is 18.7 Å². The average molecular weight is 376 g/mol. The summed E-state index contributed by atoms with van der Waals surface area (Å²) in [4.78, 5) is 3.87. The second-order valence-corrected chi connectivity index (χ2v) is 7.24. The zero-order valence-corrected chi connectivity index (χ0v) is 14.0. The minimum atomic E-state index is -3.68. The number of benzene rings is 1. The van der Waals surface area contributed by atoms with E-state index in [1.54, 1.807) is 12.1 Å². The molecule has 0 saturated heterocycles. The largest absolute Gasteiger partial charge is 0.280 e. The molecule has 0 aliphatic carbocycles. The second-order valence-electron chi connectivity index (χ2n) is 4.35. The zero-order valence-electron chi connectivity index (χ0n) is 10.8. The first-order valence-electron chi connectivity index (χ1n) is 5.71. The molecule has 0 unspecified atom stereocenters. The number of sulfonamides is 1. The fourth-order valence-electron chi connectivity index (χ4n) is 1.57. The molecular formula is C13H12BrClN2O2S. The molecule has 0 saturated carbocycles. The summed E-state index contributed by atoms with van der Waals surface area (Å²) in [6.45, 7) is 3.89. The Kier molecular flexibility index (Phi) is 4.36. The minimum Gasteiger partial charge on any atom is -0.280 e. The van der Waals surface area contributed by atoms with Crippen LogP contribution in [0.3, 0.4) is 0 Å². The summed E-state index contributed by atoms with van der Waals surface area (Å²) in [5, 5.41) is 0.218. The molecule has 0 atom stereocenters. The van der Waals surface area contributed by atoms with Crippen molar-refractivity contribution in [3.05, 3.63) is 51.2 Å². The summed E-state index contributed by atoms with van der Waals surface area (Å²) >= 11 is 8.91. The molecule has 0 aliphatic rings. The first-order valence-corrected chi connectivity index (χ1v) is 8.36. The molecule has 7 heteroatoms. The van der Waals surface area contributed by atoms with Crippen molar-refractivity contribution in [2.24, 2.45) is 0 Å². The van der Waals surface area contributed by atoms with Crippen LogP contribution in [-0.4, -0.2) is 13.4 Å². The molecule has 0 fully saturated rings. The van der Waals surface area contributed by atoms with Gasteiger partial charge in [0.2, 0.25) is 0 Å². The molecule has 2 aromatic rings. The summed E-state index contributed by atoms with van der Waals surface area (Å²) in [7, 11) is -3.68. The van der Waals surface area contributed by atoms with Gasteiger partial charge in [0.05, 0.1) is 4.47 Å². The number of hydrogen-bond donors (Lipinski definition) is 1. The lowest BCUT2D eigenvalue weighted by Crippen LogP contribution is -2.13. The topological polar surface area (TPSA) is 59.1 Å². The number of halogens is 2. The number of nitrogens with zero attached hydrogens (tertiary/aromatic N) is 1. The van der Waals surface area contributed by atoms with E-state index >= 15 is 0 Å². The highest BCUT2D eigenvalue weighted by Gasteiger charge is 2.16. The van der Waals surface area contributed by atoms with Gasteiger partial charge in [0, 0.05) is 11.9 Å². The van der Waals surface area contributed by atoms with E-state index in [-0.39, 0.29) is 10.0 Å². The Morgan fingerprint density at radius 3 is 2.50 bits per heavy atom. The lowest BCUT2D eigenvalue weighted by molar-refractivity contribution is 0.600. The third kappa shape index (κ3) is 3.31. The molecule has 1 aromatic heterocycles. The maximum Gasteiger partial charge on any atom is 0.263 e. The minimum absolute atomic E-state index is 0.0482. The Hall–Kier alpha value is -1.11. The van der Waals surface area contributed by atoms with Gasteiger partial charge in [-0.15, -0.1) is 0 Å². The highest BCUT2D eigenvalue weighted by atomic mass is 79.9. The van der Waals surface area contributed by atoms with E-state index in [2.05, 4.69) is 25.6 Å². The Labute approximate surface area is 131 Å². The van der Waals surface area contributed by atoms with E-state index in [0.29, 0.717) is 10.2 Å². The lowest BCUT2D eigenvalue weighted by atomic mass is 10.1. The summed E-state index contributed by atoms with van der Waals surface area (Å²) in [5.74, 6) is 0. The van der Waals surface area contributed by atoms with Crippen molar-refractivity contribution < 1.29 is 8.42 Å². The first-order chi connectivity index (χ1) is 9.29. The molecule has 0 spiro atoms. The van der Waals surface area contributed by atoms with Crippen molar-refractivity contribution in [3.63, 3.8) is 0 Å². The van der Waals surface area contributed by atoms with Gasteiger partial charge in [-0.1, -0.05) is 17.7 Å². The zero-order chi connectivity index (χ0) is 14.9. The molecule has 0 amide bonds. The van der Waals surface area contributed by atoms with Crippen LogP contribution in [0, 0.1) is 13.8 Å². The molecule has 2 rings (SSSR count). The van der Waals surface area contributed by atoms with Crippen LogP contribution in [0.25, 0.3) is 0 Å². The molecule has 106 valence electrons. The number of nitrogens with one attached hydrogen (secondary N) is 1. The smallest absolute Gasteiger partial charge is 0.263 e. The molecule has 1 heterocycles. The van der Waals surface area contributed by atoms with Gasteiger partial charge in [-0.05, 0) is 59.1 Å². The van der Waals surface area contributed by atoms with Crippen LogP contribution in [0.5, 0.6) is 0 Å². The van der Waals surface area contributed by atoms with Gasteiger partial charge in [-0.25, -0.2) is 13.4 Å². The van der Waals surface area contributed by atoms with E-state index in [0.717, 1.165) is 11.1 Å². The Morgan fingerprint density at radius 2 is 1.90 bits per heavy atom. The quantitative estimate of drug-likeness (QED) is 0.827. The predicted molar refractivity (Wildman–Crippen MR) is 83.7 cm³/mol. The second kappa shape index (κ2) is 5.71. The van der Waals surface area contributed by atoms with Crippen molar-refractivity contribution in [1.82, 2.24) is 4.98 Å². The normalized spacial score (nSPS) is 11.4. The monoisotopic (exact) mass is 374 g/mol. The van der Waals surface area contributed by atoms with Crippen LogP contribution < -0.4 is 4.72 Å². The Balaban J connectivity index is 2.35. The molecule has 4 nitrogen and oxygen atoms in total. The van der Waals surface area contributed by atoms with Crippen LogP contribution in [0.4, 0.5) is 5.69 Å². The number of aromatic nitrogens is 1. The number of rotatable bonds is 3. The van der Waals surface area contributed by atoms with E-state index in [1.165, 1.54) is 12.3 Å². The van der Waals surface area contributed by atoms with Crippen molar-refractivity contribution in [3.8, 4) is 0 Å². The standard InChI is InChI=1S/C13H12BrClN2O2S/c1-8-3-4-10(5-9(8)2)17-20(18,19)11-6-12(14)13(15)16-7-11/h3-7,17H,1-2H3. The summed E-state index contributed by atoms with van der Waals surface area (Å²) in [5.41, 5.74) is 2.63. The molecule has 0 bridgehead atoms. The van der Waals surface area contributed by atoms with Gasteiger partial charge in [0.25, 0.3) is 10.0 Å². The molecule has 0 aliphatic heterocycles. The molecule has 0 radical (unpaired) electrons. The summed E-state index contributed by atoms with van der Waals surface area (Å²) < 4.78 is 27.4. The fourth-order valence-corrected chi connectivity index (χ4v) is 3.19. The van der Waals surface area contributed by atoms with Crippen molar-refractivity contribution >= 4 is 43.2 Å².